The molecule has 1 aromatic rings. The first-order valence-electron chi connectivity index (χ1n) is 4.89. The third-order valence-corrected chi connectivity index (χ3v) is 4.38. The van der Waals surface area contributed by atoms with Crippen molar-refractivity contribution in [3.05, 3.63) is 16.1 Å². The lowest BCUT2D eigenvalue weighted by atomic mass is 10.2. The van der Waals surface area contributed by atoms with Crippen molar-refractivity contribution >= 4 is 23.1 Å². The predicted octanol–water partition coefficient (Wildman–Crippen LogP) is 2.33. The van der Waals surface area contributed by atoms with Crippen molar-refractivity contribution in [2.45, 2.75) is 18.4 Å². The van der Waals surface area contributed by atoms with Gasteiger partial charge in [0.15, 0.2) is 5.01 Å². The number of aliphatic hydroxyl groups is 1. The fourth-order valence-corrected chi connectivity index (χ4v) is 3.14. The lowest BCUT2D eigenvalue weighted by molar-refractivity contribution is -0.137. The first-order chi connectivity index (χ1) is 7.98. The van der Waals surface area contributed by atoms with Gasteiger partial charge in [-0.05, 0) is 0 Å². The minimum Gasteiger partial charge on any atom is -0.385 e. The van der Waals surface area contributed by atoms with E-state index in [0.717, 1.165) is 11.9 Å². The van der Waals surface area contributed by atoms with E-state index in [4.69, 9.17) is 4.74 Å². The van der Waals surface area contributed by atoms with Gasteiger partial charge in [0.2, 0.25) is 0 Å². The molecular weight excluding hydrogens is 275 g/mol. The number of aromatic nitrogens is 1. The van der Waals surface area contributed by atoms with Gasteiger partial charge in [-0.25, -0.2) is 4.98 Å². The van der Waals surface area contributed by atoms with E-state index in [2.05, 4.69) is 4.98 Å². The van der Waals surface area contributed by atoms with E-state index < -0.39 is 23.4 Å². The highest BCUT2D eigenvalue weighted by Gasteiger charge is 2.36. The first kappa shape index (κ1) is 13.1. The van der Waals surface area contributed by atoms with Crippen molar-refractivity contribution in [2.75, 3.05) is 18.1 Å². The van der Waals surface area contributed by atoms with Crippen molar-refractivity contribution in [1.82, 2.24) is 4.98 Å². The van der Waals surface area contributed by atoms with E-state index in [0.29, 0.717) is 23.7 Å². The van der Waals surface area contributed by atoms with Gasteiger partial charge in [0, 0.05) is 17.7 Å². The van der Waals surface area contributed by atoms with Crippen LogP contribution in [0.2, 0.25) is 0 Å². The lowest BCUT2D eigenvalue weighted by Crippen LogP contribution is -2.29. The largest absolute Gasteiger partial charge is 0.443 e. The molecule has 1 aliphatic rings. The molecule has 2 unspecified atom stereocenters. The van der Waals surface area contributed by atoms with Crippen LogP contribution in [-0.2, 0) is 10.9 Å². The Morgan fingerprint density at radius 3 is 2.82 bits per heavy atom. The van der Waals surface area contributed by atoms with Gasteiger partial charge >= 0.3 is 6.18 Å². The van der Waals surface area contributed by atoms with Crippen LogP contribution in [0.4, 0.5) is 13.2 Å². The van der Waals surface area contributed by atoms with Gasteiger partial charge in [-0.1, -0.05) is 0 Å². The number of nitrogens with zero attached hydrogens (tertiary/aromatic N) is 1. The number of halogens is 3. The first-order valence-corrected chi connectivity index (χ1v) is 6.86. The lowest BCUT2D eigenvalue weighted by Gasteiger charge is -2.25. The number of thioether (sulfide) groups is 1. The van der Waals surface area contributed by atoms with E-state index in [-0.39, 0.29) is 4.88 Å². The van der Waals surface area contributed by atoms with E-state index in [1.807, 2.05) is 0 Å². The zero-order valence-corrected chi connectivity index (χ0v) is 10.2. The van der Waals surface area contributed by atoms with Gasteiger partial charge in [-0.2, -0.15) is 24.9 Å². The maximum absolute atomic E-state index is 12.3. The molecule has 0 bridgehead atoms. The van der Waals surface area contributed by atoms with Crippen molar-refractivity contribution in [3.63, 3.8) is 0 Å². The Balaban J connectivity index is 2.08. The number of rotatable bonds is 2. The fraction of sp³-hybridized carbons (Fsp3) is 0.667. The normalized spacial score (nSPS) is 23.6. The quantitative estimate of drug-likeness (QED) is 0.905. The smallest absolute Gasteiger partial charge is 0.385 e. The molecule has 0 spiro atoms. The molecule has 1 aromatic heterocycles. The topological polar surface area (TPSA) is 42.4 Å². The molecular formula is C9H10F3NO2S2. The number of alkyl halides is 3. The van der Waals surface area contributed by atoms with E-state index in [1.54, 1.807) is 11.8 Å². The number of aliphatic hydroxyl groups excluding tert-OH is 1. The average molecular weight is 285 g/mol. The van der Waals surface area contributed by atoms with Crippen LogP contribution in [0.15, 0.2) is 6.20 Å². The minimum absolute atomic E-state index is 0.199. The standard InChI is InChI=1S/C9H10F3NO2S2/c10-9(11,12)8-13-3-6(17-8)7(14)5-4-16-2-1-15-5/h3,5,7,14H,1-2,4H2. The maximum Gasteiger partial charge on any atom is 0.443 e. The molecule has 0 aromatic carbocycles. The molecule has 2 rings (SSSR count). The summed E-state index contributed by atoms with van der Waals surface area (Å²) in [6.07, 6.45) is -4.86. The number of thiazole rings is 1. The summed E-state index contributed by atoms with van der Waals surface area (Å²) < 4.78 is 42.3. The van der Waals surface area contributed by atoms with Crippen LogP contribution in [0.25, 0.3) is 0 Å². The molecule has 1 aliphatic heterocycles. The maximum atomic E-state index is 12.3. The van der Waals surface area contributed by atoms with Crippen molar-refractivity contribution in [3.8, 4) is 0 Å². The molecule has 0 amide bonds. The van der Waals surface area contributed by atoms with E-state index in [1.165, 1.54) is 0 Å². The van der Waals surface area contributed by atoms with Crippen LogP contribution in [0.1, 0.15) is 16.0 Å². The summed E-state index contributed by atoms with van der Waals surface area (Å²) in [5.74, 6) is 1.43. The van der Waals surface area contributed by atoms with E-state index in [9.17, 15) is 18.3 Å². The highest BCUT2D eigenvalue weighted by atomic mass is 32.2. The monoisotopic (exact) mass is 285 g/mol. The Kier molecular flexibility index (Phi) is 3.96. The Hall–Kier alpha value is -0.310. The second kappa shape index (κ2) is 5.13. The van der Waals surface area contributed by atoms with Crippen LogP contribution < -0.4 is 0 Å². The van der Waals surface area contributed by atoms with Crippen molar-refractivity contribution in [1.29, 1.82) is 0 Å². The highest BCUT2D eigenvalue weighted by molar-refractivity contribution is 7.99. The van der Waals surface area contributed by atoms with Gasteiger partial charge in [-0.15, -0.1) is 11.3 Å². The molecule has 2 heterocycles. The van der Waals surface area contributed by atoms with E-state index >= 15 is 0 Å². The Morgan fingerprint density at radius 1 is 1.53 bits per heavy atom. The number of ether oxygens (including phenoxy) is 1. The molecule has 1 saturated heterocycles. The van der Waals surface area contributed by atoms with Gasteiger partial charge in [0.1, 0.15) is 6.10 Å². The summed E-state index contributed by atoms with van der Waals surface area (Å²) in [6.45, 7) is 0.511. The Morgan fingerprint density at radius 2 is 2.29 bits per heavy atom. The second-order valence-electron chi connectivity index (χ2n) is 3.49. The summed E-state index contributed by atoms with van der Waals surface area (Å²) in [7, 11) is 0. The molecule has 1 N–H and O–H groups in total. The van der Waals surface area contributed by atoms with Crippen molar-refractivity contribution < 1.29 is 23.0 Å². The van der Waals surface area contributed by atoms with Gasteiger partial charge in [0.25, 0.3) is 0 Å². The number of hydrogen-bond acceptors (Lipinski definition) is 5. The molecule has 96 valence electrons. The van der Waals surface area contributed by atoms with Crippen LogP contribution in [0, 0.1) is 0 Å². The molecule has 3 nitrogen and oxygen atoms in total. The van der Waals surface area contributed by atoms with Gasteiger partial charge in [0.05, 0.1) is 17.6 Å². The summed E-state index contributed by atoms with van der Waals surface area (Å²) in [5.41, 5.74) is 0. The summed E-state index contributed by atoms with van der Waals surface area (Å²) in [5, 5.41) is 8.95. The molecule has 8 heteroatoms. The summed E-state index contributed by atoms with van der Waals surface area (Å²) in [4.78, 5) is 3.47. The fourth-order valence-electron chi connectivity index (χ4n) is 1.43. The zero-order valence-electron chi connectivity index (χ0n) is 8.61. The van der Waals surface area contributed by atoms with Gasteiger partial charge in [-0.3, -0.25) is 0 Å². The third kappa shape index (κ3) is 3.12. The third-order valence-electron chi connectivity index (χ3n) is 2.25. The second-order valence-corrected chi connectivity index (χ2v) is 5.71. The van der Waals surface area contributed by atoms with Crippen LogP contribution in [0.3, 0.4) is 0 Å². The predicted molar refractivity (Wildman–Crippen MR) is 59.1 cm³/mol. The van der Waals surface area contributed by atoms with Crippen LogP contribution in [0.5, 0.6) is 0 Å². The minimum atomic E-state index is -4.45. The summed E-state index contributed by atoms with van der Waals surface area (Å²) in [6, 6.07) is 0. The van der Waals surface area contributed by atoms with Gasteiger partial charge < -0.3 is 9.84 Å². The summed E-state index contributed by atoms with van der Waals surface area (Å²) >= 11 is 2.08. The average Bonchev–Trinajstić information content (AvgIpc) is 2.78. The Bertz CT molecular complexity index is 377. The van der Waals surface area contributed by atoms with Crippen molar-refractivity contribution in [2.24, 2.45) is 0 Å². The van der Waals surface area contributed by atoms with Crippen LogP contribution in [-0.4, -0.2) is 34.3 Å². The Labute approximate surface area is 104 Å². The molecule has 0 saturated carbocycles. The molecule has 17 heavy (non-hydrogen) atoms. The molecule has 0 aliphatic carbocycles. The SMILES string of the molecule is OC(c1cnc(C(F)(F)F)s1)C1CSCCO1. The zero-order chi connectivity index (χ0) is 12.5. The highest BCUT2D eigenvalue weighted by Crippen LogP contribution is 2.36. The number of hydrogen-bond donors (Lipinski definition) is 1. The molecule has 1 fully saturated rings. The molecule has 0 radical (unpaired) electrons. The van der Waals surface area contributed by atoms with Crippen LogP contribution >= 0.6 is 23.1 Å². The molecule has 2 atom stereocenters.